The molecule has 2 aromatic rings. The molecule has 0 saturated heterocycles. The zero-order chi connectivity index (χ0) is 14.4. The summed E-state index contributed by atoms with van der Waals surface area (Å²) < 4.78 is 6.70. The van der Waals surface area contributed by atoms with Gasteiger partial charge in [0.05, 0.1) is 16.7 Å². The van der Waals surface area contributed by atoms with E-state index in [2.05, 4.69) is 44.2 Å². The van der Waals surface area contributed by atoms with Crippen LogP contribution in [0.5, 0.6) is 5.75 Å². The smallest absolute Gasteiger partial charge is 0.144 e. The fourth-order valence-electron chi connectivity index (χ4n) is 1.85. The normalized spacial score (nSPS) is 10.3. The molecule has 0 unspecified atom stereocenters. The SMILES string of the molecule is CCc1ccccc1OCCNc1ncnc(C)c1Br. The average molecular weight is 336 g/mol. The van der Waals surface area contributed by atoms with Crippen molar-refractivity contribution in [3.63, 3.8) is 0 Å². The van der Waals surface area contributed by atoms with E-state index in [-0.39, 0.29) is 0 Å². The van der Waals surface area contributed by atoms with Crippen molar-refractivity contribution in [1.82, 2.24) is 9.97 Å². The van der Waals surface area contributed by atoms with Gasteiger partial charge in [-0.25, -0.2) is 9.97 Å². The number of rotatable bonds is 6. The molecule has 0 saturated carbocycles. The summed E-state index contributed by atoms with van der Waals surface area (Å²) >= 11 is 3.47. The Balaban J connectivity index is 1.86. The highest BCUT2D eigenvalue weighted by Gasteiger charge is 2.04. The molecule has 2 rings (SSSR count). The minimum Gasteiger partial charge on any atom is -0.491 e. The van der Waals surface area contributed by atoms with Crippen molar-refractivity contribution in [1.29, 1.82) is 0 Å². The van der Waals surface area contributed by atoms with Crippen molar-refractivity contribution < 1.29 is 4.74 Å². The van der Waals surface area contributed by atoms with Gasteiger partial charge in [0.15, 0.2) is 0 Å². The number of para-hydroxylation sites is 1. The molecule has 0 aliphatic rings. The Morgan fingerprint density at radius 3 is 2.85 bits per heavy atom. The number of hydrogen-bond donors (Lipinski definition) is 1. The summed E-state index contributed by atoms with van der Waals surface area (Å²) in [4.78, 5) is 8.30. The number of aromatic nitrogens is 2. The van der Waals surface area contributed by atoms with E-state index in [9.17, 15) is 0 Å². The minimum absolute atomic E-state index is 0.590. The van der Waals surface area contributed by atoms with Gasteiger partial charge in [-0.1, -0.05) is 25.1 Å². The Hall–Kier alpha value is -1.62. The number of aryl methyl sites for hydroxylation is 2. The molecule has 0 bridgehead atoms. The Bertz CT molecular complexity index is 575. The van der Waals surface area contributed by atoms with Gasteiger partial charge in [-0.3, -0.25) is 0 Å². The van der Waals surface area contributed by atoms with Crippen LogP contribution in [0.25, 0.3) is 0 Å². The van der Waals surface area contributed by atoms with Gasteiger partial charge in [-0.2, -0.15) is 0 Å². The molecule has 1 aromatic heterocycles. The fourth-order valence-corrected chi connectivity index (χ4v) is 2.19. The maximum absolute atomic E-state index is 5.80. The Morgan fingerprint density at radius 2 is 2.05 bits per heavy atom. The van der Waals surface area contributed by atoms with Gasteiger partial charge >= 0.3 is 0 Å². The van der Waals surface area contributed by atoms with Crippen molar-refractivity contribution in [2.24, 2.45) is 0 Å². The third-order valence-electron chi connectivity index (χ3n) is 2.97. The number of halogens is 1. The zero-order valence-corrected chi connectivity index (χ0v) is 13.3. The maximum Gasteiger partial charge on any atom is 0.144 e. The average Bonchev–Trinajstić information content (AvgIpc) is 2.48. The van der Waals surface area contributed by atoms with Crippen LogP contribution in [0.4, 0.5) is 5.82 Å². The van der Waals surface area contributed by atoms with Gasteiger partial charge in [-0.15, -0.1) is 0 Å². The van der Waals surface area contributed by atoms with E-state index in [0.717, 1.165) is 28.2 Å². The van der Waals surface area contributed by atoms with Crippen molar-refractivity contribution in [2.75, 3.05) is 18.5 Å². The molecule has 1 heterocycles. The number of ether oxygens (including phenoxy) is 1. The summed E-state index contributed by atoms with van der Waals surface area (Å²) in [5.74, 6) is 1.75. The van der Waals surface area contributed by atoms with Crippen molar-refractivity contribution in [3.05, 3.63) is 46.3 Å². The predicted molar refractivity (Wildman–Crippen MR) is 84.3 cm³/mol. The number of benzene rings is 1. The second kappa shape index (κ2) is 7.24. The lowest BCUT2D eigenvalue weighted by molar-refractivity contribution is 0.329. The minimum atomic E-state index is 0.590. The van der Waals surface area contributed by atoms with Crippen LogP contribution in [-0.4, -0.2) is 23.1 Å². The molecular weight excluding hydrogens is 318 g/mol. The lowest BCUT2D eigenvalue weighted by Crippen LogP contribution is -2.13. The highest BCUT2D eigenvalue weighted by atomic mass is 79.9. The number of hydrogen-bond acceptors (Lipinski definition) is 4. The summed E-state index contributed by atoms with van der Waals surface area (Å²) in [5, 5.41) is 3.24. The van der Waals surface area contributed by atoms with Crippen molar-refractivity contribution in [2.45, 2.75) is 20.3 Å². The summed E-state index contributed by atoms with van der Waals surface area (Å²) in [6, 6.07) is 8.12. The lowest BCUT2D eigenvalue weighted by atomic mass is 10.1. The first-order valence-corrected chi connectivity index (χ1v) is 7.43. The first kappa shape index (κ1) is 14.8. The Labute approximate surface area is 127 Å². The second-order valence-electron chi connectivity index (χ2n) is 4.36. The van der Waals surface area contributed by atoms with Gasteiger partial charge in [-0.05, 0) is 40.9 Å². The van der Waals surface area contributed by atoms with E-state index in [0.29, 0.717) is 13.2 Å². The summed E-state index contributed by atoms with van der Waals surface area (Å²) in [6.45, 7) is 5.34. The summed E-state index contributed by atoms with van der Waals surface area (Å²) in [5.41, 5.74) is 2.14. The summed E-state index contributed by atoms with van der Waals surface area (Å²) in [6.07, 6.45) is 2.52. The van der Waals surface area contributed by atoms with Crippen LogP contribution < -0.4 is 10.1 Å². The van der Waals surface area contributed by atoms with Gasteiger partial charge < -0.3 is 10.1 Å². The highest BCUT2D eigenvalue weighted by molar-refractivity contribution is 9.10. The van der Waals surface area contributed by atoms with Crippen LogP contribution in [0, 0.1) is 6.92 Å². The molecule has 1 aromatic carbocycles. The predicted octanol–water partition coefficient (Wildman–Crippen LogP) is 3.60. The quantitative estimate of drug-likeness (QED) is 0.819. The van der Waals surface area contributed by atoms with E-state index in [1.165, 1.54) is 5.56 Å². The van der Waals surface area contributed by atoms with Gasteiger partial charge in [0.1, 0.15) is 24.5 Å². The van der Waals surface area contributed by atoms with E-state index in [1.807, 2.05) is 25.1 Å². The van der Waals surface area contributed by atoms with Gasteiger partial charge in [0.2, 0.25) is 0 Å². The van der Waals surface area contributed by atoms with Crippen LogP contribution in [0.1, 0.15) is 18.2 Å². The zero-order valence-electron chi connectivity index (χ0n) is 11.7. The van der Waals surface area contributed by atoms with E-state index >= 15 is 0 Å². The van der Waals surface area contributed by atoms with Crippen LogP contribution >= 0.6 is 15.9 Å². The van der Waals surface area contributed by atoms with E-state index in [1.54, 1.807) is 6.33 Å². The monoisotopic (exact) mass is 335 g/mol. The first-order valence-electron chi connectivity index (χ1n) is 6.64. The van der Waals surface area contributed by atoms with Gasteiger partial charge in [0.25, 0.3) is 0 Å². The van der Waals surface area contributed by atoms with Crippen molar-refractivity contribution in [3.8, 4) is 5.75 Å². The highest BCUT2D eigenvalue weighted by Crippen LogP contribution is 2.21. The first-order chi connectivity index (χ1) is 9.72. The third-order valence-corrected chi connectivity index (χ3v) is 3.92. The standard InChI is InChI=1S/C15H18BrN3O/c1-3-12-6-4-5-7-13(12)20-9-8-17-15-14(16)11(2)18-10-19-15/h4-7,10H,3,8-9H2,1-2H3,(H,17,18,19). The van der Waals surface area contributed by atoms with Crippen LogP contribution in [-0.2, 0) is 6.42 Å². The van der Waals surface area contributed by atoms with E-state index in [4.69, 9.17) is 4.74 Å². The lowest BCUT2D eigenvalue weighted by Gasteiger charge is -2.12. The molecule has 4 nitrogen and oxygen atoms in total. The molecule has 106 valence electrons. The number of nitrogens with zero attached hydrogens (tertiary/aromatic N) is 2. The molecule has 5 heteroatoms. The molecule has 0 aliphatic heterocycles. The second-order valence-corrected chi connectivity index (χ2v) is 5.15. The molecule has 0 amide bonds. The summed E-state index contributed by atoms with van der Waals surface area (Å²) in [7, 11) is 0. The molecule has 0 fully saturated rings. The Morgan fingerprint density at radius 1 is 1.25 bits per heavy atom. The van der Waals surface area contributed by atoms with Gasteiger partial charge in [0, 0.05) is 0 Å². The maximum atomic E-state index is 5.80. The molecule has 0 radical (unpaired) electrons. The molecule has 0 atom stereocenters. The van der Waals surface area contributed by atoms with Crippen LogP contribution in [0.3, 0.4) is 0 Å². The fraction of sp³-hybridized carbons (Fsp3) is 0.333. The Kier molecular flexibility index (Phi) is 5.35. The number of anilines is 1. The topological polar surface area (TPSA) is 47.0 Å². The van der Waals surface area contributed by atoms with Crippen LogP contribution in [0.15, 0.2) is 35.1 Å². The molecule has 0 spiro atoms. The molecule has 1 N–H and O–H groups in total. The van der Waals surface area contributed by atoms with Crippen LogP contribution in [0.2, 0.25) is 0 Å². The van der Waals surface area contributed by atoms with E-state index < -0.39 is 0 Å². The third kappa shape index (κ3) is 3.70. The molecule has 0 aliphatic carbocycles. The number of nitrogens with one attached hydrogen (secondary N) is 1. The largest absolute Gasteiger partial charge is 0.491 e. The van der Waals surface area contributed by atoms with Crippen molar-refractivity contribution >= 4 is 21.7 Å². The molecular formula is C15H18BrN3O. The molecule has 20 heavy (non-hydrogen) atoms.